The molecule has 3 rings (SSSR count). The van der Waals surface area contributed by atoms with E-state index in [1.54, 1.807) is 25.3 Å². The summed E-state index contributed by atoms with van der Waals surface area (Å²) in [5, 5.41) is 9.26. The highest BCUT2D eigenvalue weighted by Gasteiger charge is 2.25. The SMILES string of the molecule is Cc1oc(-c2ccco2)nc1CC(=O)N1CCCC(CO)C1. The monoisotopic (exact) mass is 304 g/mol. The number of oxazole rings is 1. The van der Waals surface area contributed by atoms with Crippen molar-refractivity contribution in [1.82, 2.24) is 9.88 Å². The van der Waals surface area contributed by atoms with Gasteiger partial charge >= 0.3 is 0 Å². The number of aryl methyl sites for hydroxylation is 1. The molecular weight excluding hydrogens is 284 g/mol. The smallest absolute Gasteiger partial charge is 0.263 e. The van der Waals surface area contributed by atoms with Crippen LogP contribution in [0.2, 0.25) is 0 Å². The molecule has 1 aliphatic rings. The molecular formula is C16H20N2O4. The van der Waals surface area contributed by atoms with Crippen molar-refractivity contribution in [3.63, 3.8) is 0 Å². The Morgan fingerprint density at radius 2 is 2.41 bits per heavy atom. The van der Waals surface area contributed by atoms with Crippen LogP contribution >= 0.6 is 0 Å². The van der Waals surface area contributed by atoms with E-state index in [0.29, 0.717) is 29.6 Å². The van der Waals surface area contributed by atoms with Crippen molar-refractivity contribution >= 4 is 5.91 Å². The summed E-state index contributed by atoms with van der Waals surface area (Å²) in [5.74, 6) is 1.81. The summed E-state index contributed by atoms with van der Waals surface area (Å²) in [6.07, 6.45) is 3.69. The van der Waals surface area contributed by atoms with Gasteiger partial charge in [0.1, 0.15) is 5.76 Å². The van der Waals surface area contributed by atoms with Gasteiger partial charge in [-0.3, -0.25) is 4.79 Å². The summed E-state index contributed by atoms with van der Waals surface area (Å²) in [4.78, 5) is 18.6. The van der Waals surface area contributed by atoms with E-state index in [-0.39, 0.29) is 24.9 Å². The molecule has 2 aromatic heterocycles. The maximum atomic E-state index is 12.4. The zero-order valence-electron chi connectivity index (χ0n) is 12.6. The van der Waals surface area contributed by atoms with Crippen molar-refractivity contribution < 1.29 is 18.7 Å². The summed E-state index contributed by atoms with van der Waals surface area (Å²) >= 11 is 0. The predicted octanol–water partition coefficient (Wildman–Crippen LogP) is 2.02. The number of carbonyl (C=O) groups is 1. The van der Waals surface area contributed by atoms with Gasteiger partial charge in [0.25, 0.3) is 5.89 Å². The third-order valence-corrected chi connectivity index (χ3v) is 4.07. The van der Waals surface area contributed by atoms with Crippen LogP contribution in [0, 0.1) is 12.8 Å². The normalized spacial score (nSPS) is 18.6. The lowest BCUT2D eigenvalue weighted by atomic mass is 9.98. The lowest BCUT2D eigenvalue weighted by Crippen LogP contribution is -2.41. The first-order valence-electron chi connectivity index (χ1n) is 7.56. The lowest BCUT2D eigenvalue weighted by molar-refractivity contribution is -0.132. The molecule has 2 aromatic rings. The fourth-order valence-corrected chi connectivity index (χ4v) is 2.79. The van der Waals surface area contributed by atoms with E-state index in [4.69, 9.17) is 8.83 Å². The van der Waals surface area contributed by atoms with Crippen molar-refractivity contribution in [2.75, 3.05) is 19.7 Å². The maximum absolute atomic E-state index is 12.4. The van der Waals surface area contributed by atoms with E-state index >= 15 is 0 Å². The molecule has 1 amide bonds. The molecule has 0 radical (unpaired) electrons. The average Bonchev–Trinajstić information content (AvgIpc) is 3.18. The number of aliphatic hydroxyl groups excluding tert-OH is 1. The molecule has 22 heavy (non-hydrogen) atoms. The van der Waals surface area contributed by atoms with E-state index < -0.39 is 0 Å². The van der Waals surface area contributed by atoms with Gasteiger partial charge < -0.3 is 18.8 Å². The molecule has 6 nitrogen and oxygen atoms in total. The summed E-state index contributed by atoms with van der Waals surface area (Å²) in [7, 11) is 0. The number of amides is 1. The van der Waals surface area contributed by atoms with Gasteiger partial charge in [0, 0.05) is 19.7 Å². The first-order valence-corrected chi connectivity index (χ1v) is 7.56. The molecule has 1 saturated heterocycles. The predicted molar refractivity (Wildman–Crippen MR) is 79.0 cm³/mol. The van der Waals surface area contributed by atoms with Gasteiger partial charge in [-0.25, -0.2) is 4.98 Å². The molecule has 1 atom stereocenters. The number of rotatable bonds is 4. The number of piperidine rings is 1. The number of furan rings is 1. The van der Waals surface area contributed by atoms with Gasteiger partial charge in [-0.2, -0.15) is 0 Å². The zero-order valence-corrected chi connectivity index (χ0v) is 12.6. The summed E-state index contributed by atoms with van der Waals surface area (Å²) in [6, 6.07) is 3.54. The Morgan fingerprint density at radius 3 is 3.14 bits per heavy atom. The Bertz CT molecular complexity index is 633. The minimum atomic E-state index is 0.0283. The third kappa shape index (κ3) is 3.06. The second-order valence-corrected chi connectivity index (χ2v) is 5.71. The average molecular weight is 304 g/mol. The Kier molecular flexibility index (Phi) is 4.29. The van der Waals surface area contributed by atoms with Crippen molar-refractivity contribution in [2.45, 2.75) is 26.2 Å². The molecule has 0 bridgehead atoms. The zero-order chi connectivity index (χ0) is 15.5. The van der Waals surface area contributed by atoms with Crippen LogP contribution in [0.15, 0.2) is 27.2 Å². The quantitative estimate of drug-likeness (QED) is 0.934. The van der Waals surface area contributed by atoms with Gasteiger partial charge in [-0.1, -0.05) is 0 Å². The Balaban J connectivity index is 1.69. The van der Waals surface area contributed by atoms with E-state index in [1.165, 1.54) is 0 Å². The maximum Gasteiger partial charge on any atom is 0.263 e. The molecule has 0 aromatic carbocycles. The van der Waals surface area contributed by atoms with Crippen LogP contribution in [-0.2, 0) is 11.2 Å². The Labute approximate surface area is 128 Å². The number of hydrogen-bond acceptors (Lipinski definition) is 5. The van der Waals surface area contributed by atoms with Gasteiger partial charge in [0.15, 0.2) is 5.76 Å². The van der Waals surface area contributed by atoms with Crippen LogP contribution in [0.4, 0.5) is 0 Å². The highest BCUT2D eigenvalue weighted by molar-refractivity contribution is 5.78. The second kappa shape index (κ2) is 6.36. The van der Waals surface area contributed by atoms with Crippen molar-refractivity contribution in [3.8, 4) is 11.7 Å². The molecule has 1 fully saturated rings. The Morgan fingerprint density at radius 1 is 1.55 bits per heavy atom. The molecule has 1 unspecified atom stereocenters. The summed E-state index contributed by atoms with van der Waals surface area (Å²) in [6.45, 7) is 3.30. The first kappa shape index (κ1) is 14.8. The highest BCUT2D eigenvalue weighted by Crippen LogP contribution is 2.23. The Hall–Kier alpha value is -2.08. The van der Waals surface area contributed by atoms with Gasteiger partial charge in [-0.15, -0.1) is 0 Å². The molecule has 0 spiro atoms. The van der Waals surface area contributed by atoms with E-state index in [0.717, 1.165) is 19.4 Å². The lowest BCUT2D eigenvalue weighted by Gasteiger charge is -2.31. The molecule has 3 heterocycles. The van der Waals surface area contributed by atoms with Crippen molar-refractivity contribution in [2.24, 2.45) is 5.92 Å². The molecule has 1 aliphatic heterocycles. The summed E-state index contributed by atoms with van der Waals surface area (Å²) < 4.78 is 10.8. The van der Waals surface area contributed by atoms with Gasteiger partial charge in [-0.05, 0) is 37.8 Å². The minimum absolute atomic E-state index is 0.0283. The molecule has 6 heteroatoms. The highest BCUT2D eigenvalue weighted by atomic mass is 16.4. The third-order valence-electron chi connectivity index (χ3n) is 4.07. The van der Waals surface area contributed by atoms with Crippen LogP contribution in [0.3, 0.4) is 0 Å². The number of nitrogens with zero attached hydrogens (tertiary/aromatic N) is 2. The van der Waals surface area contributed by atoms with Crippen LogP contribution < -0.4 is 0 Å². The minimum Gasteiger partial charge on any atom is -0.459 e. The number of aliphatic hydroxyl groups is 1. The first-order chi connectivity index (χ1) is 10.7. The topological polar surface area (TPSA) is 79.7 Å². The summed E-state index contributed by atoms with van der Waals surface area (Å²) in [5.41, 5.74) is 0.641. The number of likely N-dealkylation sites (tertiary alicyclic amines) is 1. The van der Waals surface area contributed by atoms with Crippen LogP contribution in [0.25, 0.3) is 11.7 Å². The van der Waals surface area contributed by atoms with E-state index in [2.05, 4.69) is 4.98 Å². The second-order valence-electron chi connectivity index (χ2n) is 5.71. The van der Waals surface area contributed by atoms with Crippen LogP contribution in [0.1, 0.15) is 24.3 Å². The van der Waals surface area contributed by atoms with Crippen LogP contribution in [0.5, 0.6) is 0 Å². The van der Waals surface area contributed by atoms with Crippen molar-refractivity contribution in [3.05, 3.63) is 29.9 Å². The standard InChI is InChI=1S/C16H20N2O4/c1-11-13(17-16(22-11)14-5-3-7-21-14)8-15(20)18-6-2-4-12(9-18)10-19/h3,5,7,12,19H,2,4,6,8-10H2,1H3. The fraction of sp³-hybridized carbons (Fsp3) is 0.500. The van der Waals surface area contributed by atoms with Crippen LogP contribution in [-0.4, -0.2) is 40.6 Å². The molecule has 1 N–H and O–H groups in total. The van der Waals surface area contributed by atoms with E-state index in [9.17, 15) is 9.90 Å². The van der Waals surface area contributed by atoms with Gasteiger partial charge in [0.2, 0.25) is 5.91 Å². The largest absolute Gasteiger partial charge is 0.459 e. The van der Waals surface area contributed by atoms with Gasteiger partial charge in [0.05, 0.1) is 18.4 Å². The molecule has 0 aliphatic carbocycles. The number of hydrogen-bond donors (Lipinski definition) is 1. The fourth-order valence-electron chi connectivity index (χ4n) is 2.79. The van der Waals surface area contributed by atoms with E-state index in [1.807, 2.05) is 4.90 Å². The molecule has 118 valence electrons. The number of carbonyl (C=O) groups excluding carboxylic acids is 1. The molecule has 0 saturated carbocycles. The number of aromatic nitrogens is 1. The van der Waals surface area contributed by atoms with Crippen molar-refractivity contribution in [1.29, 1.82) is 0 Å².